The number of aromatic nitrogens is 1. The Morgan fingerprint density at radius 1 is 1.44 bits per heavy atom. The van der Waals surface area contributed by atoms with Crippen molar-refractivity contribution in [1.82, 2.24) is 4.98 Å². The van der Waals surface area contributed by atoms with Crippen molar-refractivity contribution < 1.29 is 9.66 Å². The first-order valence-corrected chi connectivity index (χ1v) is 8.82. The van der Waals surface area contributed by atoms with E-state index in [-0.39, 0.29) is 5.69 Å². The Kier molecular flexibility index (Phi) is 4.00. The lowest BCUT2D eigenvalue weighted by molar-refractivity contribution is -0.385. The van der Waals surface area contributed by atoms with Gasteiger partial charge in [0.1, 0.15) is 6.20 Å². The number of pyridine rings is 1. The molecule has 0 unspecified atom stereocenters. The average Bonchev–Trinajstić information content (AvgIpc) is 2.16. The minimum Gasteiger partial charge on any atom is -0.478 e. The normalized spacial score (nSPS) is 11.2. The Balaban J connectivity index is 2.47. The number of hydrogen-bond acceptors (Lipinski definition) is 4. The van der Waals surface area contributed by atoms with Gasteiger partial charge in [-0.15, -0.1) is 0 Å². The zero-order valence-electron chi connectivity index (χ0n) is 9.77. The van der Waals surface area contributed by atoms with Gasteiger partial charge in [-0.3, -0.25) is 10.1 Å². The summed E-state index contributed by atoms with van der Waals surface area (Å²) in [5, 5.41) is 10.4. The molecule has 0 fully saturated rings. The summed E-state index contributed by atoms with van der Waals surface area (Å²) >= 11 is 0. The largest absolute Gasteiger partial charge is 0.478 e. The summed E-state index contributed by atoms with van der Waals surface area (Å²) in [6, 6.07) is 3.98. The van der Waals surface area contributed by atoms with Crippen LogP contribution < -0.4 is 4.74 Å². The lowest BCUT2D eigenvalue weighted by Crippen LogP contribution is -2.22. The number of nitro groups is 1. The Morgan fingerprint density at radius 3 is 2.56 bits per heavy atom. The van der Waals surface area contributed by atoms with Gasteiger partial charge in [-0.2, -0.15) is 0 Å². The topological polar surface area (TPSA) is 65.3 Å². The van der Waals surface area contributed by atoms with Gasteiger partial charge in [-0.25, -0.2) is 4.98 Å². The zero-order chi connectivity index (χ0) is 12.2. The van der Waals surface area contributed by atoms with Crippen LogP contribution in [0, 0.1) is 10.1 Å². The molecule has 0 atom stereocenters. The van der Waals surface area contributed by atoms with Gasteiger partial charge >= 0.3 is 0 Å². The molecule has 0 aliphatic rings. The lowest BCUT2D eigenvalue weighted by Gasteiger charge is -2.15. The van der Waals surface area contributed by atoms with Crippen LogP contribution in [0.25, 0.3) is 0 Å². The highest BCUT2D eigenvalue weighted by molar-refractivity contribution is 6.76. The minimum absolute atomic E-state index is 0.0162. The highest BCUT2D eigenvalue weighted by atomic mass is 28.3. The summed E-state index contributed by atoms with van der Waals surface area (Å²) in [5.74, 6) is 0.448. The molecular formula is C10H16N2O3Si. The molecule has 0 aromatic carbocycles. The summed E-state index contributed by atoms with van der Waals surface area (Å²) in [5.41, 5.74) is -0.0162. The number of ether oxygens (including phenoxy) is 1. The van der Waals surface area contributed by atoms with Crippen LogP contribution in [0.2, 0.25) is 25.7 Å². The predicted molar refractivity (Wildman–Crippen MR) is 64.5 cm³/mol. The van der Waals surface area contributed by atoms with E-state index in [4.69, 9.17) is 4.74 Å². The van der Waals surface area contributed by atoms with E-state index in [1.165, 1.54) is 18.3 Å². The van der Waals surface area contributed by atoms with Gasteiger partial charge in [-0.05, 0) is 6.04 Å². The molecule has 1 aromatic rings. The van der Waals surface area contributed by atoms with Crippen LogP contribution >= 0.6 is 0 Å². The van der Waals surface area contributed by atoms with Crippen molar-refractivity contribution >= 4 is 13.8 Å². The van der Waals surface area contributed by atoms with Crippen LogP contribution in [-0.4, -0.2) is 24.6 Å². The van der Waals surface area contributed by atoms with Crippen molar-refractivity contribution in [3.8, 4) is 5.88 Å². The molecule has 1 aromatic heterocycles. The smallest absolute Gasteiger partial charge is 0.287 e. The van der Waals surface area contributed by atoms with Crippen LogP contribution in [-0.2, 0) is 0 Å². The molecule has 0 amide bonds. The van der Waals surface area contributed by atoms with Crippen LogP contribution in [0.1, 0.15) is 0 Å². The van der Waals surface area contributed by atoms with E-state index in [1.54, 1.807) is 0 Å². The van der Waals surface area contributed by atoms with E-state index in [0.717, 1.165) is 6.04 Å². The fourth-order valence-electron chi connectivity index (χ4n) is 1.03. The van der Waals surface area contributed by atoms with Gasteiger partial charge in [0.2, 0.25) is 5.88 Å². The Bertz CT molecular complexity index is 359. The number of nitrogens with zero attached hydrogens (tertiary/aromatic N) is 2. The third kappa shape index (κ3) is 4.39. The van der Waals surface area contributed by atoms with Gasteiger partial charge in [0.05, 0.1) is 11.5 Å². The molecule has 0 aliphatic carbocycles. The molecule has 88 valence electrons. The molecule has 0 spiro atoms. The maximum atomic E-state index is 10.4. The SMILES string of the molecule is C[Si](C)(C)CCOc1ccc([N+](=O)[O-])cn1. The maximum absolute atomic E-state index is 10.4. The molecule has 0 aliphatic heterocycles. The van der Waals surface area contributed by atoms with Crippen molar-refractivity contribution in [2.24, 2.45) is 0 Å². The quantitative estimate of drug-likeness (QED) is 0.451. The first-order chi connectivity index (χ1) is 7.38. The second kappa shape index (κ2) is 5.07. The fourth-order valence-corrected chi connectivity index (χ4v) is 1.74. The molecule has 1 heterocycles. The second-order valence-corrected chi connectivity index (χ2v) is 10.4. The van der Waals surface area contributed by atoms with Crippen molar-refractivity contribution in [3.63, 3.8) is 0 Å². The average molecular weight is 240 g/mol. The van der Waals surface area contributed by atoms with Gasteiger partial charge in [0.25, 0.3) is 5.69 Å². The third-order valence-corrected chi connectivity index (χ3v) is 3.74. The molecule has 1 rings (SSSR count). The Hall–Kier alpha value is -1.43. The van der Waals surface area contributed by atoms with E-state index < -0.39 is 13.0 Å². The minimum atomic E-state index is -1.10. The fraction of sp³-hybridized carbons (Fsp3) is 0.500. The molecule has 16 heavy (non-hydrogen) atoms. The van der Waals surface area contributed by atoms with Crippen LogP contribution in [0.3, 0.4) is 0 Å². The highest BCUT2D eigenvalue weighted by Gasteiger charge is 2.13. The van der Waals surface area contributed by atoms with Crippen molar-refractivity contribution in [2.75, 3.05) is 6.61 Å². The lowest BCUT2D eigenvalue weighted by atomic mass is 10.4. The van der Waals surface area contributed by atoms with E-state index in [9.17, 15) is 10.1 Å². The number of hydrogen-bond donors (Lipinski definition) is 0. The maximum Gasteiger partial charge on any atom is 0.287 e. The Labute approximate surface area is 95.6 Å². The van der Waals surface area contributed by atoms with Gasteiger partial charge in [-0.1, -0.05) is 19.6 Å². The number of rotatable bonds is 5. The van der Waals surface area contributed by atoms with Crippen LogP contribution in [0.4, 0.5) is 5.69 Å². The summed E-state index contributed by atoms with van der Waals surface area (Å²) in [7, 11) is -1.10. The van der Waals surface area contributed by atoms with Crippen LogP contribution in [0.5, 0.6) is 5.88 Å². The molecule has 6 heteroatoms. The molecule has 0 saturated carbocycles. The standard InChI is InChI=1S/C10H16N2O3Si/c1-16(2,3)7-6-15-10-5-4-9(8-11-10)12(13)14/h4-5,8H,6-7H2,1-3H3. The third-order valence-electron chi connectivity index (χ3n) is 2.03. The van der Waals surface area contributed by atoms with E-state index >= 15 is 0 Å². The first-order valence-electron chi connectivity index (χ1n) is 5.12. The van der Waals surface area contributed by atoms with Crippen molar-refractivity contribution in [3.05, 3.63) is 28.4 Å². The van der Waals surface area contributed by atoms with E-state index in [2.05, 4.69) is 24.6 Å². The molecule has 0 radical (unpaired) electrons. The summed E-state index contributed by atoms with van der Waals surface area (Å²) in [6.07, 6.45) is 1.21. The highest BCUT2D eigenvalue weighted by Crippen LogP contribution is 2.15. The van der Waals surface area contributed by atoms with Gasteiger partial charge < -0.3 is 4.74 Å². The second-order valence-electron chi connectivity index (χ2n) is 4.77. The van der Waals surface area contributed by atoms with Gasteiger partial charge in [0, 0.05) is 20.2 Å². The van der Waals surface area contributed by atoms with E-state index in [0.29, 0.717) is 12.5 Å². The molecule has 5 nitrogen and oxygen atoms in total. The van der Waals surface area contributed by atoms with Gasteiger partial charge in [0.15, 0.2) is 0 Å². The summed E-state index contributed by atoms with van der Waals surface area (Å²) in [6.45, 7) is 7.42. The summed E-state index contributed by atoms with van der Waals surface area (Å²) < 4.78 is 5.42. The molecule has 0 N–H and O–H groups in total. The zero-order valence-corrected chi connectivity index (χ0v) is 10.8. The summed E-state index contributed by atoms with van der Waals surface area (Å²) in [4.78, 5) is 13.8. The van der Waals surface area contributed by atoms with Crippen molar-refractivity contribution in [2.45, 2.75) is 25.7 Å². The predicted octanol–water partition coefficient (Wildman–Crippen LogP) is 2.71. The Morgan fingerprint density at radius 2 is 2.12 bits per heavy atom. The van der Waals surface area contributed by atoms with Crippen molar-refractivity contribution in [1.29, 1.82) is 0 Å². The first kappa shape index (κ1) is 12.6. The monoisotopic (exact) mass is 240 g/mol. The molecule has 0 bridgehead atoms. The van der Waals surface area contributed by atoms with E-state index in [1.807, 2.05) is 0 Å². The van der Waals surface area contributed by atoms with Crippen LogP contribution in [0.15, 0.2) is 18.3 Å². The molecule has 0 saturated heterocycles. The molecular weight excluding hydrogens is 224 g/mol.